The first-order valence-electron chi connectivity index (χ1n) is 8.45. The van der Waals surface area contributed by atoms with Crippen LogP contribution in [0.3, 0.4) is 0 Å². The zero-order valence-corrected chi connectivity index (χ0v) is 14.5. The highest BCUT2D eigenvalue weighted by Crippen LogP contribution is 2.22. The number of imide groups is 1. The zero-order chi connectivity index (χ0) is 18.5. The molecule has 2 aromatic rings. The quantitative estimate of drug-likeness (QED) is 0.916. The summed E-state index contributed by atoms with van der Waals surface area (Å²) in [7, 11) is 0. The molecule has 0 aromatic heterocycles. The van der Waals surface area contributed by atoms with Crippen molar-refractivity contribution in [3.8, 4) is 0 Å². The SMILES string of the molecule is Cc1ccc(NC(=O)[C@H]2CCC(=O)N2C(=O)OCc2ccccc2)cc1. The summed E-state index contributed by atoms with van der Waals surface area (Å²) in [5, 5.41) is 2.75. The number of carbonyl (C=O) groups excluding carboxylic acids is 3. The summed E-state index contributed by atoms with van der Waals surface area (Å²) in [6, 6.07) is 15.6. The number of benzene rings is 2. The smallest absolute Gasteiger partial charge is 0.417 e. The third kappa shape index (κ3) is 4.08. The average Bonchev–Trinajstić information content (AvgIpc) is 3.04. The normalized spacial score (nSPS) is 16.4. The lowest BCUT2D eigenvalue weighted by Gasteiger charge is -2.21. The minimum absolute atomic E-state index is 0.0513. The summed E-state index contributed by atoms with van der Waals surface area (Å²) >= 11 is 0. The fourth-order valence-electron chi connectivity index (χ4n) is 2.81. The van der Waals surface area contributed by atoms with Gasteiger partial charge in [-0.05, 0) is 31.0 Å². The number of carbonyl (C=O) groups is 3. The number of hydrogen-bond donors (Lipinski definition) is 1. The van der Waals surface area contributed by atoms with Gasteiger partial charge in [0.15, 0.2) is 0 Å². The standard InChI is InChI=1S/C20H20N2O4/c1-14-7-9-16(10-8-14)21-19(24)17-11-12-18(23)22(17)20(25)26-13-15-5-3-2-4-6-15/h2-10,17H,11-13H2,1H3,(H,21,24)/t17-/m1/s1. The fraction of sp³-hybridized carbons (Fsp3) is 0.250. The molecule has 2 aromatic carbocycles. The maximum atomic E-state index is 12.5. The van der Waals surface area contributed by atoms with Crippen LogP contribution in [0.25, 0.3) is 0 Å². The zero-order valence-electron chi connectivity index (χ0n) is 14.5. The Hall–Kier alpha value is -3.15. The van der Waals surface area contributed by atoms with Crippen molar-refractivity contribution in [3.05, 3.63) is 65.7 Å². The van der Waals surface area contributed by atoms with E-state index in [9.17, 15) is 14.4 Å². The average molecular weight is 352 g/mol. The van der Waals surface area contributed by atoms with Gasteiger partial charge in [-0.25, -0.2) is 9.69 Å². The number of aryl methyl sites for hydroxylation is 1. The molecule has 1 aliphatic rings. The van der Waals surface area contributed by atoms with Crippen LogP contribution in [0.15, 0.2) is 54.6 Å². The maximum Gasteiger partial charge on any atom is 0.417 e. The molecule has 0 spiro atoms. The van der Waals surface area contributed by atoms with Crippen molar-refractivity contribution in [1.29, 1.82) is 0 Å². The fourth-order valence-corrected chi connectivity index (χ4v) is 2.81. The molecule has 134 valence electrons. The van der Waals surface area contributed by atoms with Gasteiger partial charge in [-0.15, -0.1) is 0 Å². The van der Waals surface area contributed by atoms with Crippen LogP contribution < -0.4 is 5.32 Å². The summed E-state index contributed by atoms with van der Waals surface area (Å²) < 4.78 is 5.21. The minimum Gasteiger partial charge on any atom is -0.444 e. The molecule has 26 heavy (non-hydrogen) atoms. The first-order valence-corrected chi connectivity index (χ1v) is 8.45. The van der Waals surface area contributed by atoms with Gasteiger partial charge in [0.25, 0.3) is 0 Å². The molecule has 1 atom stereocenters. The Labute approximate surface area is 151 Å². The van der Waals surface area contributed by atoms with Crippen LogP contribution >= 0.6 is 0 Å². The van der Waals surface area contributed by atoms with Crippen LogP contribution in [0.1, 0.15) is 24.0 Å². The lowest BCUT2D eigenvalue weighted by molar-refractivity contribution is -0.131. The largest absolute Gasteiger partial charge is 0.444 e. The molecule has 3 amide bonds. The van der Waals surface area contributed by atoms with Crippen LogP contribution in [0.2, 0.25) is 0 Å². The Balaban J connectivity index is 1.64. The number of hydrogen-bond acceptors (Lipinski definition) is 4. The van der Waals surface area contributed by atoms with E-state index in [2.05, 4.69) is 5.32 Å². The molecule has 1 fully saturated rings. The van der Waals surface area contributed by atoms with E-state index in [4.69, 9.17) is 4.74 Å². The van der Waals surface area contributed by atoms with E-state index in [-0.39, 0.29) is 19.4 Å². The van der Waals surface area contributed by atoms with Crippen LogP contribution in [0.4, 0.5) is 10.5 Å². The predicted octanol–water partition coefficient (Wildman–Crippen LogP) is 3.26. The molecule has 1 aliphatic heterocycles. The number of anilines is 1. The monoisotopic (exact) mass is 352 g/mol. The molecule has 0 unspecified atom stereocenters. The van der Waals surface area contributed by atoms with Gasteiger partial charge < -0.3 is 10.1 Å². The van der Waals surface area contributed by atoms with Crippen molar-refractivity contribution in [2.45, 2.75) is 32.4 Å². The predicted molar refractivity (Wildman–Crippen MR) is 96.3 cm³/mol. The van der Waals surface area contributed by atoms with Crippen LogP contribution in [0.5, 0.6) is 0 Å². The highest BCUT2D eigenvalue weighted by Gasteiger charge is 2.41. The van der Waals surface area contributed by atoms with Gasteiger partial charge in [-0.3, -0.25) is 9.59 Å². The minimum atomic E-state index is -0.855. The van der Waals surface area contributed by atoms with Crippen molar-refractivity contribution >= 4 is 23.6 Å². The van der Waals surface area contributed by atoms with E-state index >= 15 is 0 Å². The summed E-state index contributed by atoms with van der Waals surface area (Å²) in [5.41, 5.74) is 2.51. The van der Waals surface area contributed by atoms with E-state index < -0.39 is 23.9 Å². The number of ether oxygens (including phenoxy) is 1. The highest BCUT2D eigenvalue weighted by molar-refractivity contribution is 6.04. The van der Waals surface area contributed by atoms with Gasteiger partial charge in [-0.1, -0.05) is 48.0 Å². The molecule has 6 heteroatoms. The molecular formula is C20H20N2O4. The Bertz CT molecular complexity index is 802. The molecule has 0 saturated carbocycles. The molecule has 1 heterocycles. The molecule has 3 rings (SSSR count). The summed E-state index contributed by atoms with van der Waals surface area (Å²) in [4.78, 5) is 37.9. The first-order chi connectivity index (χ1) is 12.5. The summed E-state index contributed by atoms with van der Waals surface area (Å²) in [6.45, 7) is 2.00. The van der Waals surface area contributed by atoms with Gasteiger partial charge in [0.2, 0.25) is 11.8 Å². The van der Waals surface area contributed by atoms with Crippen molar-refractivity contribution < 1.29 is 19.1 Å². The van der Waals surface area contributed by atoms with E-state index in [0.717, 1.165) is 16.0 Å². The van der Waals surface area contributed by atoms with Gasteiger partial charge >= 0.3 is 6.09 Å². The Morgan fingerprint density at radius 3 is 2.50 bits per heavy atom. The topological polar surface area (TPSA) is 75.7 Å². The Morgan fingerprint density at radius 1 is 1.12 bits per heavy atom. The molecular weight excluding hydrogens is 332 g/mol. The molecule has 0 radical (unpaired) electrons. The van der Waals surface area contributed by atoms with Crippen molar-refractivity contribution in [2.75, 3.05) is 5.32 Å². The van der Waals surface area contributed by atoms with Crippen molar-refractivity contribution in [3.63, 3.8) is 0 Å². The third-order valence-electron chi connectivity index (χ3n) is 4.24. The second-order valence-electron chi connectivity index (χ2n) is 6.21. The van der Waals surface area contributed by atoms with Crippen molar-refractivity contribution in [2.24, 2.45) is 0 Å². The Kier molecular flexibility index (Phi) is 5.31. The molecule has 1 N–H and O–H groups in total. The lowest BCUT2D eigenvalue weighted by Crippen LogP contribution is -2.45. The van der Waals surface area contributed by atoms with Gasteiger partial charge in [0, 0.05) is 12.1 Å². The van der Waals surface area contributed by atoms with Crippen LogP contribution in [-0.4, -0.2) is 28.8 Å². The number of nitrogens with one attached hydrogen (secondary N) is 1. The molecule has 0 aliphatic carbocycles. The second-order valence-corrected chi connectivity index (χ2v) is 6.21. The van der Waals surface area contributed by atoms with E-state index in [1.165, 1.54) is 0 Å². The summed E-state index contributed by atoms with van der Waals surface area (Å²) in [5.74, 6) is -0.788. The lowest BCUT2D eigenvalue weighted by atomic mass is 10.2. The van der Waals surface area contributed by atoms with Crippen LogP contribution in [-0.2, 0) is 20.9 Å². The second kappa shape index (κ2) is 7.82. The maximum absolute atomic E-state index is 12.5. The number of likely N-dealkylation sites (tertiary alicyclic amines) is 1. The third-order valence-corrected chi connectivity index (χ3v) is 4.24. The Morgan fingerprint density at radius 2 is 1.81 bits per heavy atom. The van der Waals surface area contributed by atoms with Crippen molar-refractivity contribution in [1.82, 2.24) is 4.90 Å². The summed E-state index contributed by atoms with van der Waals surface area (Å²) in [6.07, 6.45) is -0.357. The molecule has 0 bridgehead atoms. The van der Waals surface area contributed by atoms with Gasteiger partial charge in [-0.2, -0.15) is 0 Å². The number of amides is 3. The van der Waals surface area contributed by atoms with E-state index in [0.29, 0.717) is 5.69 Å². The molecule has 6 nitrogen and oxygen atoms in total. The van der Waals surface area contributed by atoms with Gasteiger partial charge in [0.05, 0.1) is 0 Å². The molecule has 1 saturated heterocycles. The number of rotatable bonds is 4. The van der Waals surface area contributed by atoms with E-state index in [1.807, 2.05) is 49.4 Å². The highest BCUT2D eigenvalue weighted by atomic mass is 16.6. The number of nitrogens with zero attached hydrogens (tertiary/aromatic N) is 1. The van der Waals surface area contributed by atoms with Crippen LogP contribution in [0, 0.1) is 6.92 Å². The first kappa shape index (κ1) is 17.7. The van der Waals surface area contributed by atoms with Gasteiger partial charge in [0.1, 0.15) is 12.6 Å². The van der Waals surface area contributed by atoms with E-state index in [1.54, 1.807) is 12.1 Å².